The fraction of sp³-hybridized carbons (Fsp3) is 0.353. The van der Waals surface area contributed by atoms with Gasteiger partial charge in [0.05, 0.1) is 37.0 Å². The second kappa shape index (κ2) is 6.90. The quantitative estimate of drug-likeness (QED) is 0.687. The van der Waals surface area contributed by atoms with Crippen LogP contribution in [0.25, 0.3) is 10.9 Å². The minimum atomic E-state index is -0.837. The molecule has 0 bridgehead atoms. The average molecular weight is 396 g/mol. The van der Waals surface area contributed by atoms with Crippen LogP contribution < -0.4 is 9.64 Å². The van der Waals surface area contributed by atoms with Gasteiger partial charge in [-0.05, 0) is 24.1 Å². The number of aliphatic hydroxyl groups excluding tert-OH is 1. The van der Waals surface area contributed by atoms with Gasteiger partial charge in [-0.3, -0.25) is 4.68 Å². The molecule has 0 fully saturated rings. The van der Waals surface area contributed by atoms with Gasteiger partial charge in [0, 0.05) is 19.2 Å². The summed E-state index contributed by atoms with van der Waals surface area (Å²) in [6.07, 6.45) is 0.725. The first-order chi connectivity index (χ1) is 13.0. The fourth-order valence-electron chi connectivity index (χ4n) is 3.38. The van der Waals surface area contributed by atoms with Crippen molar-refractivity contribution in [3.05, 3.63) is 40.4 Å². The summed E-state index contributed by atoms with van der Waals surface area (Å²) in [5, 5.41) is 13.6. The predicted molar refractivity (Wildman–Crippen MR) is 94.8 cm³/mol. The highest BCUT2D eigenvalue weighted by Gasteiger charge is 2.25. The van der Waals surface area contributed by atoms with E-state index in [0.717, 1.165) is 18.2 Å². The lowest BCUT2D eigenvalue weighted by Crippen LogP contribution is -2.24. The minimum Gasteiger partial charge on any atom is -0.493 e. The van der Waals surface area contributed by atoms with Gasteiger partial charge in [0.2, 0.25) is 5.28 Å². The average Bonchev–Trinajstić information content (AvgIpc) is 2.93. The molecule has 0 unspecified atom stereocenters. The van der Waals surface area contributed by atoms with Crippen molar-refractivity contribution in [3.8, 4) is 5.75 Å². The van der Waals surface area contributed by atoms with Crippen LogP contribution in [0.3, 0.4) is 0 Å². The Morgan fingerprint density at radius 3 is 2.78 bits per heavy atom. The highest BCUT2D eigenvalue weighted by atomic mass is 35.5. The summed E-state index contributed by atoms with van der Waals surface area (Å²) < 4.78 is 35.6. The number of aryl methyl sites for hydroxylation is 1. The molecule has 0 radical (unpaired) electrons. The van der Waals surface area contributed by atoms with Crippen LogP contribution in [0.2, 0.25) is 5.28 Å². The molecule has 0 amide bonds. The number of nitrogens with zero attached hydrogens (tertiary/aromatic N) is 5. The molecule has 0 atom stereocenters. The third kappa shape index (κ3) is 3.06. The van der Waals surface area contributed by atoms with Gasteiger partial charge >= 0.3 is 0 Å². The highest BCUT2D eigenvalue weighted by molar-refractivity contribution is 6.29. The second-order valence-electron chi connectivity index (χ2n) is 6.20. The smallest absolute Gasteiger partial charge is 0.225 e. The number of methoxy groups -OCH3 is 1. The Kier molecular flexibility index (Phi) is 4.56. The first kappa shape index (κ1) is 17.9. The van der Waals surface area contributed by atoms with Gasteiger partial charge in [-0.1, -0.05) is 0 Å². The maximum Gasteiger partial charge on any atom is 0.225 e. The van der Waals surface area contributed by atoms with Crippen LogP contribution in [0.15, 0.2) is 12.1 Å². The van der Waals surface area contributed by atoms with Crippen LogP contribution >= 0.6 is 11.6 Å². The van der Waals surface area contributed by atoms with E-state index in [0.29, 0.717) is 31.1 Å². The van der Waals surface area contributed by atoms with Crippen molar-refractivity contribution in [1.82, 2.24) is 19.7 Å². The SMILES string of the molecule is COc1c(F)cc(F)c2nc(Cl)nc(N3CCCn4nc(CO)cc4C3)c12. The molecular formula is C17H16ClF2N5O2. The van der Waals surface area contributed by atoms with Gasteiger partial charge in [-0.15, -0.1) is 0 Å². The van der Waals surface area contributed by atoms with Gasteiger partial charge < -0.3 is 14.7 Å². The number of hydrogen-bond donors (Lipinski definition) is 1. The zero-order valence-electron chi connectivity index (χ0n) is 14.4. The van der Waals surface area contributed by atoms with Gasteiger partial charge in [0.15, 0.2) is 17.4 Å². The molecule has 7 nitrogen and oxygen atoms in total. The Bertz CT molecular complexity index is 1030. The van der Waals surface area contributed by atoms with Crippen LogP contribution in [0, 0.1) is 11.6 Å². The van der Waals surface area contributed by atoms with Crippen molar-refractivity contribution >= 4 is 28.3 Å². The number of aliphatic hydroxyl groups is 1. The number of anilines is 1. The molecule has 27 heavy (non-hydrogen) atoms. The van der Waals surface area contributed by atoms with E-state index in [-0.39, 0.29) is 28.5 Å². The molecule has 10 heteroatoms. The maximum absolute atomic E-state index is 14.4. The van der Waals surface area contributed by atoms with Gasteiger partial charge in [0.1, 0.15) is 11.3 Å². The summed E-state index contributed by atoms with van der Waals surface area (Å²) >= 11 is 6.02. The van der Waals surface area contributed by atoms with Gasteiger partial charge in [-0.25, -0.2) is 13.8 Å². The van der Waals surface area contributed by atoms with Crippen LogP contribution in [0.5, 0.6) is 5.75 Å². The summed E-state index contributed by atoms with van der Waals surface area (Å²) in [6, 6.07) is 2.51. The highest BCUT2D eigenvalue weighted by Crippen LogP contribution is 2.37. The number of fused-ring (bicyclic) bond motifs is 2. The fourth-order valence-corrected chi connectivity index (χ4v) is 3.54. The van der Waals surface area contributed by atoms with E-state index in [1.807, 2.05) is 9.58 Å². The molecule has 0 spiro atoms. The summed E-state index contributed by atoms with van der Waals surface area (Å²) in [7, 11) is 1.30. The molecule has 1 aliphatic rings. The van der Waals surface area contributed by atoms with Crippen molar-refractivity contribution in [2.75, 3.05) is 18.6 Å². The molecule has 0 saturated carbocycles. The van der Waals surface area contributed by atoms with Gasteiger partial charge in [-0.2, -0.15) is 10.1 Å². The number of halogens is 3. The molecule has 1 aliphatic heterocycles. The number of aromatic nitrogens is 4. The van der Waals surface area contributed by atoms with E-state index in [2.05, 4.69) is 15.1 Å². The molecule has 3 heterocycles. The lowest BCUT2D eigenvalue weighted by atomic mass is 10.1. The summed E-state index contributed by atoms with van der Waals surface area (Å²) in [5.74, 6) is -1.51. The summed E-state index contributed by atoms with van der Waals surface area (Å²) in [5.41, 5.74) is 1.32. The first-order valence-electron chi connectivity index (χ1n) is 8.32. The number of benzene rings is 1. The van der Waals surface area contributed by atoms with Crippen molar-refractivity contribution in [1.29, 1.82) is 0 Å². The third-order valence-corrected chi connectivity index (χ3v) is 4.69. The van der Waals surface area contributed by atoms with E-state index in [1.165, 1.54) is 7.11 Å². The van der Waals surface area contributed by atoms with E-state index in [1.54, 1.807) is 6.07 Å². The molecule has 3 aromatic rings. The van der Waals surface area contributed by atoms with Crippen LogP contribution in [0.4, 0.5) is 14.6 Å². The van der Waals surface area contributed by atoms with Crippen molar-refractivity contribution in [2.45, 2.75) is 26.1 Å². The van der Waals surface area contributed by atoms with Crippen molar-refractivity contribution in [3.63, 3.8) is 0 Å². The summed E-state index contributed by atoms with van der Waals surface area (Å²) in [6.45, 7) is 1.45. The molecule has 1 aromatic carbocycles. The van der Waals surface area contributed by atoms with Crippen molar-refractivity contribution < 1.29 is 18.6 Å². The number of hydrogen-bond acceptors (Lipinski definition) is 6. The molecule has 1 N–H and O–H groups in total. The largest absolute Gasteiger partial charge is 0.493 e. The Morgan fingerprint density at radius 2 is 2.04 bits per heavy atom. The van der Waals surface area contributed by atoms with E-state index in [9.17, 15) is 13.9 Å². The Morgan fingerprint density at radius 1 is 1.22 bits per heavy atom. The Labute approximate surface area is 158 Å². The topological polar surface area (TPSA) is 76.3 Å². The standard InChI is InChI=1S/C17H16ClF2N5O2/c1-27-15-12(20)6-11(19)14-13(15)16(22-17(18)21-14)24-3-2-4-25-10(7-24)5-9(8-26)23-25/h5-6,26H,2-4,7-8H2,1H3. The summed E-state index contributed by atoms with van der Waals surface area (Å²) in [4.78, 5) is 10.0. The zero-order chi connectivity index (χ0) is 19.1. The Balaban J connectivity index is 1.90. The molecule has 0 saturated heterocycles. The lowest BCUT2D eigenvalue weighted by molar-refractivity contribution is 0.275. The normalized spacial score (nSPS) is 14.3. The van der Waals surface area contributed by atoms with Crippen LogP contribution in [-0.2, 0) is 19.7 Å². The zero-order valence-corrected chi connectivity index (χ0v) is 15.2. The minimum absolute atomic E-state index is 0.1000. The number of rotatable bonds is 3. The van der Waals surface area contributed by atoms with Crippen LogP contribution in [0.1, 0.15) is 17.8 Å². The Hall–Kier alpha value is -2.52. The second-order valence-corrected chi connectivity index (χ2v) is 6.53. The molecule has 142 valence electrons. The monoisotopic (exact) mass is 395 g/mol. The lowest BCUT2D eigenvalue weighted by Gasteiger charge is -2.23. The first-order valence-corrected chi connectivity index (χ1v) is 8.70. The molecular weight excluding hydrogens is 380 g/mol. The molecule has 2 aromatic heterocycles. The number of ether oxygens (including phenoxy) is 1. The van der Waals surface area contributed by atoms with Gasteiger partial charge in [0.25, 0.3) is 0 Å². The molecule has 4 rings (SSSR count). The van der Waals surface area contributed by atoms with E-state index >= 15 is 0 Å². The maximum atomic E-state index is 14.4. The predicted octanol–water partition coefficient (Wildman–Crippen LogP) is 2.67. The molecule has 0 aliphatic carbocycles. The third-order valence-electron chi connectivity index (χ3n) is 4.52. The van der Waals surface area contributed by atoms with Crippen molar-refractivity contribution in [2.24, 2.45) is 0 Å². The van der Waals surface area contributed by atoms with E-state index in [4.69, 9.17) is 16.3 Å². The van der Waals surface area contributed by atoms with Crippen LogP contribution in [-0.4, -0.2) is 38.5 Å². The van der Waals surface area contributed by atoms with E-state index < -0.39 is 11.6 Å².